The molecule has 1 aromatic heterocycles. The number of amides is 1. The average Bonchev–Trinajstić information content (AvgIpc) is 3.51. The summed E-state index contributed by atoms with van der Waals surface area (Å²) in [5, 5.41) is 17.9. The van der Waals surface area contributed by atoms with Crippen molar-refractivity contribution in [3.63, 3.8) is 0 Å². The number of rotatable bonds is 6. The topological polar surface area (TPSA) is 107 Å². The molecule has 1 saturated heterocycles. The molecule has 2 heterocycles. The van der Waals surface area contributed by atoms with E-state index in [0.717, 1.165) is 24.1 Å². The van der Waals surface area contributed by atoms with E-state index >= 15 is 0 Å². The maximum absolute atomic E-state index is 13.0. The minimum absolute atomic E-state index is 0.100. The number of nitrogens with zero attached hydrogens (tertiary/aromatic N) is 4. The van der Waals surface area contributed by atoms with Crippen molar-refractivity contribution in [3.8, 4) is 17.0 Å². The first-order valence-corrected chi connectivity index (χ1v) is 12.1. The summed E-state index contributed by atoms with van der Waals surface area (Å²) in [7, 11) is 1.81. The Morgan fingerprint density at radius 3 is 2.67 bits per heavy atom. The summed E-state index contributed by atoms with van der Waals surface area (Å²) in [4.78, 5) is 26.0. The zero-order chi connectivity index (χ0) is 25.2. The van der Waals surface area contributed by atoms with Crippen LogP contribution in [0.25, 0.3) is 11.3 Å². The molecule has 2 aliphatic rings. The Morgan fingerprint density at radius 1 is 1.14 bits per heavy atom. The Morgan fingerprint density at radius 2 is 1.92 bits per heavy atom. The molecule has 1 saturated carbocycles. The first-order chi connectivity index (χ1) is 17.4. The van der Waals surface area contributed by atoms with Gasteiger partial charge in [-0.2, -0.15) is 0 Å². The van der Waals surface area contributed by atoms with E-state index in [0.29, 0.717) is 42.0 Å². The quantitative estimate of drug-likeness (QED) is 0.560. The van der Waals surface area contributed by atoms with Crippen molar-refractivity contribution in [1.29, 1.82) is 0 Å². The molecule has 2 fully saturated rings. The van der Waals surface area contributed by atoms with Crippen LogP contribution in [0, 0.1) is 12.8 Å². The van der Waals surface area contributed by atoms with Crippen LogP contribution < -0.4 is 4.74 Å². The lowest BCUT2D eigenvalue weighted by Gasteiger charge is -2.27. The molecule has 1 radical (unpaired) electrons. The van der Waals surface area contributed by atoms with E-state index < -0.39 is 5.97 Å². The lowest BCUT2D eigenvalue weighted by atomic mass is 9.87. The predicted molar refractivity (Wildman–Crippen MR) is 131 cm³/mol. The fraction of sp³-hybridized carbons (Fsp3) is 0.370. The Labute approximate surface area is 209 Å². The van der Waals surface area contributed by atoms with Crippen molar-refractivity contribution < 1.29 is 24.2 Å². The first kappa shape index (κ1) is 24.0. The van der Waals surface area contributed by atoms with E-state index in [2.05, 4.69) is 17.2 Å². The molecule has 1 aliphatic carbocycles. The van der Waals surface area contributed by atoms with Crippen LogP contribution in [0.3, 0.4) is 0 Å². The number of aliphatic carboxylic acids is 1. The van der Waals surface area contributed by atoms with Gasteiger partial charge in [0, 0.05) is 18.2 Å². The summed E-state index contributed by atoms with van der Waals surface area (Å²) < 4.78 is 13.8. The Kier molecular flexibility index (Phi) is 6.73. The number of carboxylic acids is 1. The molecule has 1 aliphatic heterocycles. The number of hydrogen-bond donors (Lipinski definition) is 1. The molecule has 0 bridgehead atoms. The van der Waals surface area contributed by atoms with Gasteiger partial charge in [-0.1, -0.05) is 23.4 Å². The molecule has 1 N–H and O–H groups in total. The Hall–Kier alpha value is -3.72. The highest BCUT2D eigenvalue weighted by atomic mass is 16.5. The summed E-state index contributed by atoms with van der Waals surface area (Å²) in [6.45, 7) is 4.51. The van der Waals surface area contributed by atoms with E-state index in [1.54, 1.807) is 15.6 Å². The molecule has 36 heavy (non-hydrogen) atoms. The summed E-state index contributed by atoms with van der Waals surface area (Å²) in [6, 6.07) is 14.8. The van der Waals surface area contributed by atoms with Crippen LogP contribution in [0.2, 0.25) is 0 Å². The molecule has 3 aromatic rings. The summed E-state index contributed by atoms with van der Waals surface area (Å²) >= 11 is 0. The van der Waals surface area contributed by atoms with Crippen LogP contribution in [-0.4, -0.2) is 56.3 Å². The SMILES string of the molecule is [CH2]c1ccccc1C(=O)N1COC(c2c(-c3ccc(O[C@H]4CCC[C@H](C(=O)O)C4)cc3)nnn2C)C1. The van der Waals surface area contributed by atoms with Gasteiger partial charge < -0.3 is 19.5 Å². The second-order valence-corrected chi connectivity index (χ2v) is 9.38. The van der Waals surface area contributed by atoms with Crippen molar-refractivity contribution >= 4 is 11.9 Å². The van der Waals surface area contributed by atoms with Gasteiger partial charge in [0.15, 0.2) is 0 Å². The number of aromatic nitrogens is 3. The number of ether oxygens (including phenoxy) is 2. The highest BCUT2D eigenvalue weighted by Crippen LogP contribution is 2.34. The van der Waals surface area contributed by atoms with Gasteiger partial charge in [-0.3, -0.25) is 9.59 Å². The monoisotopic (exact) mass is 489 g/mol. The van der Waals surface area contributed by atoms with Gasteiger partial charge >= 0.3 is 5.97 Å². The first-order valence-electron chi connectivity index (χ1n) is 12.1. The minimum Gasteiger partial charge on any atom is -0.490 e. The van der Waals surface area contributed by atoms with E-state index in [4.69, 9.17) is 9.47 Å². The summed E-state index contributed by atoms with van der Waals surface area (Å²) in [5.41, 5.74) is 3.58. The lowest BCUT2D eigenvalue weighted by molar-refractivity contribution is -0.143. The highest BCUT2D eigenvalue weighted by molar-refractivity contribution is 5.96. The van der Waals surface area contributed by atoms with Crippen LogP contribution in [0.1, 0.15) is 53.4 Å². The zero-order valence-corrected chi connectivity index (χ0v) is 20.2. The number of benzene rings is 2. The summed E-state index contributed by atoms with van der Waals surface area (Å²) in [6.07, 6.45) is 2.47. The minimum atomic E-state index is -0.751. The second-order valence-electron chi connectivity index (χ2n) is 9.38. The number of hydrogen-bond acceptors (Lipinski definition) is 6. The maximum Gasteiger partial charge on any atom is 0.306 e. The normalized spacial score (nSPS) is 21.9. The average molecular weight is 490 g/mol. The number of carbonyl (C=O) groups is 2. The van der Waals surface area contributed by atoms with Crippen molar-refractivity contribution in [2.24, 2.45) is 13.0 Å². The van der Waals surface area contributed by atoms with Crippen molar-refractivity contribution in [3.05, 3.63) is 72.3 Å². The molecular weight excluding hydrogens is 460 g/mol. The van der Waals surface area contributed by atoms with Crippen LogP contribution >= 0.6 is 0 Å². The van der Waals surface area contributed by atoms with E-state index in [1.165, 1.54) is 0 Å². The highest BCUT2D eigenvalue weighted by Gasteiger charge is 2.34. The number of carboxylic acid groups (broad SMARTS) is 1. The van der Waals surface area contributed by atoms with Crippen LogP contribution in [0.15, 0.2) is 48.5 Å². The standard InChI is InChI=1S/C27H29N4O5/c1-17-6-3-4-9-22(17)26(32)31-15-23(35-16-31)25-24(28-29-30(25)2)18-10-12-20(13-11-18)36-21-8-5-7-19(14-21)27(33)34/h3-4,6,9-13,19,21,23H,1,5,7-8,14-16H2,2H3,(H,33,34)/t19-,21-,23?/m0/s1. The molecule has 9 heteroatoms. The van der Waals surface area contributed by atoms with Crippen molar-refractivity contribution in [2.75, 3.05) is 13.3 Å². The molecule has 3 atom stereocenters. The number of carbonyl (C=O) groups excluding carboxylic acids is 1. The molecule has 5 rings (SSSR count). The fourth-order valence-electron chi connectivity index (χ4n) is 4.98. The van der Waals surface area contributed by atoms with Crippen molar-refractivity contribution in [1.82, 2.24) is 19.9 Å². The third-order valence-corrected chi connectivity index (χ3v) is 6.93. The molecular formula is C27H29N4O5. The van der Waals surface area contributed by atoms with Crippen molar-refractivity contribution in [2.45, 2.75) is 37.9 Å². The van der Waals surface area contributed by atoms with E-state index in [9.17, 15) is 14.7 Å². The molecule has 187 valence electrons. The third-order valence-electron chi connectivity index (χ3n) is 6.93. The van der Waals surface area contributed by atoms with Crippen LogP contribution in [0.5, 0.6) is 5.75 Å². The van der Waals surface area contributed by atoms with Gasteiger partial charge in [0.1, 0.15) is 24.3 Å². The van der Waals surface area contributed by atoms with Gasteiger partial charge in [-0.15, -0.1) is 5.10 Å². The zero-order valence-electron chi connectivity index (χ0n) is 20.2. The van der Waals surface area contributed by atoms with Gasteiger partial charge in [-0.05, 0) is 68.5 Å². The molecule has 2 aromatic carbocycles. The largest absolute Gasteiger partial charge is 0.490 e. The van der Waals surface area contributed by atoms with Gasteiger partial charge in [0.2, 0.25) is 0 Å². The van der Waals surface area contributed by atoms with Gasteiger partial charge in [-0.25, -0.2) is 4.68 Å². The summed E-state index contributed by atoms with van der Waals surface area (Å²) in [5.74, 6) is -0.515. The van der Waals surface area contributed by atoms with E-state index in [-0.39, 0.29) is 30.8 Å². The van der Waals surface area contributed by atoms with Gasteiger partial charge in [0.25, 0.3) is 5.91 Å². The predicted octanol–water partition coefficient (Wildman–Crippen LogP) is 3.86. The smallest absolute Gasteiger partial charge is 0.306 e. The van der Waals surface area contributed by atoms with E-state index in [1.807, 2.05) is 49.5 Å². The fourth-order valence-corrected chi connectivity index (χ4v) is 4.98. The lowest BCUT2D eigenvalue weighted by Crippen LogP contribution is -2.29. The number of aryl methyl sites for hydroxylation is 1. The molecule has 1 amide bonds. The van der Waals surface area contributed by atoms with Gasteiger partial charge in [0.05, 0.1) is 24.3 Å². The Balaban J connectivity index is 1.29. The van der Waals surface area contributed by atoms with Crippen LogP contribution in [-0.2, 0) is 16.6 Å². The third kappa shape index (κ3) is 4.83. The molecule has 0 spiro atoms. The second kappa shape index (κ2) is 10.1. The van der Waals surface area contributed by atoms with Crippen LogP contribution in [0.4, 0.5) is 0 Å². The molecule has 1 unspecified atom stereocenters. The Bertz CT molecular complexity index is 1260. The maximum atomic E-state index is 13.0. The molecule has 9 nitrogen and oxygen atoms in total.